The second kappa shape index (κ2) is 14.6. The predicted octanol–water partition coefficient (Wildman–Crippen LogP) is 5.13. The highest BCUT2D eigenvalue weighted by Gasteiger charge is 2.39. The first-order chi connectivity index (χ1) is 19.3. The van der Waals surface area contributed by atoms with Crippen LogP contribution in [-0.2, 0) is 28.6 Å². The Morgan fingerprint density at radius 2 is 1.83 bits per heavy atom. The smallest absolute Gasteiger partial charge is 0.418 e. The molecule has 0 radical (unpaired) electrons. The third-order valence-corrected chi connectivity index (χ3v) is 6.82. The molecule has 2 unspecified atom stereocenters. The number of rotatable bonds is 6. The number of aliphatic carboxylic acids is 1. The first-order valence-corrected chi connectivity index (χ1v) is 14.6. The van der Waals surface area contributed by atoms with Gasteiger partial charge in [0.1, 0.15) is 11.9 Å². The number of hydrogen-bond donors (Lipinski definition) is 2. The number of amides is 1. The maximum absolute atomic E-state index is 14.5. The zero-order valence-corrected chi connectivity index (χ0v) is 25.0. The Labute approximate surface area is 248 Å². The first kappa shape index (κ1) is 35.4. The lowest BCUT2D eigenvalue weighted by molar-refractivity contribution is -0.138. The van der Waals surface area contributed by atoms with Gasteiger partial charge in [0.2, 0.25) is 5.88 Å². The number of likely N-dealkylation sites (tertiary alicyclic amines) is 1. The van der Waals surface area contributed by atoms with Gasteiger partial charge < -0.3 is 20.1 Å². The van der Waals surface area contributed by atoms with Crippen molar-refractivity contribution in [2.75, 3.05) is 19.3 Å². The Morgan fingerprint density at radius 1 is 1.26 bits per heavy atom. The number of carboxylic acid groups (broad SMARTS) is 1. The van der Waals surface area contributed by atoms with Crippen molar-refractivity contribution < 1.29 is 45.8 Å². The number of alkyl halides is 3. The van der Waals surface area contributed by atoms with Crippen LogP contribution in [0.2, 0.25) is 5.02 Å². The molecule has 3 N–H and O–H groups in total. The number of aromatic nitrogens is 1. The van der Waals surface area contributed by atoms with Crippen molar-refractivity contribution in [2.45, 2.75) is 64.8 Å². The predicted molar refractivity (Wildman–Crippen MR) is 147 cm³/mol. The summed E-state index contributed by atoms with van der Waals surface area (Å²) >= 11 is 3.80. The molecule has 1 aliphatic carbocycles. The molecule has 1 amide bonds. The molecule has 2 atom stereocenters. The lowest BCUT2D eigenvalue weighted by Gasteiger charge is -2.44. The molecule has 1 aliphatic heterocycles. The summed E-state index contributed by atoms with van der Waals surface area (Å²) in [4.78, 5) is 26.7. The SMILES string of the molecule is CC(=O)O.CC1(C)CN(Cc2cc(F)c(C(N)=O)cc2C2CC2)CCC1Oc1cc(C(F)(F)F)c(Cl)cn1.CS(=O)[O-]. The van der Waals surface area contributed by atoms with E-state index in [-0.39, 0.29) is 17.5 Å². The number of benzene rings is 1. The standard InChI is InChI=1S/C24H26ClF4N3O2.C2H4O2.CH4O2S/c1-23(2)12-32(11-14-7-19(26)16(22(30)33)8-15(14)13-3-4-13)6-5-20(23)34-21-9-17(24(27,28)29)18(25)10-31-21;1-2(3)4;1-4(2)3/h7-10,13,20H,3-6,11-12H2,1-2H3,(H2,30,33);1H3,(H,3,4);1H3,(H,2,3)/p-1. The van der Waals surface area contributed by atoms with Gasteiger partial charge in [-0.2, -0.15) is 13.2 Å². The molecule has 42 heavy (non-hydrogen) atoms. The number of primary amides is 1. The lowest BCUT2D eigenvalue weighted by atomic mass is 9.80. The fraction of sp³-hybridized carbons (Fsp3) is 0.519. The van der Waals surface area contributed by atoms with Crippen molar-refractivity contribution in [2.24, 2.45) is 11.1 Å². The van der Waals surface area contributed by atoms with Crippen LogP contribution in [-0.4, -0.2) is 61.1 Å². The maximum atomic E-state index is 14.5. The molecular weight excluding hydrogens is 606 g/mol. The van der Waals surface area contributed by atoms with Crippen molar-refractivity contribution in [3.05, 3.63) is 57.5 Å². The Hall–Kier alpha value is -2.81. The number of ether oxygens (including phenoxy) is 1. The molecule has 2 aliphatic rings. The van der Waals surface area contributed by atoms with Crippen LogP contribution in [0, 0.1) is 11.2 Å². The van der Waals surface area contributed by atoms with Gasteiger partial charge in [0, 0.05) is 38.0 Å². The second-order valence-corrected chi connectivity index (χ2v) is 11.9. The Balaban J connectivity index is 0.000000686. The lowest BCUT2D eigenvalue weighted by Crippen LogP contribution is -2.50. The molecule has 9 nitrogen and oxygen atoms in total. The van der Waals surface area contributed by atoms with Gasteiger partial charge in [0.15, 0.2) is 0 Å². The minimum atomic E-state index is -4.60. The van der Waals surface area contributed by atoms with Gasteiger partial charge in [0.25, 0.3) is 11.9 Å². The largest absolute Gasteiger partial charge is 0.773 e. The summed E-state index contributed by atoms with van der Waals surface area (Å²) in [6, 6.07) is 3.81. The number of piperidine rings is 1. The van der Waals surface area contributed by atoms with Crippen LogP contribution in [0.15, 0.2) is 24.4 Å². The number of nitrogens with zero attached hydrogens (tertiary/aromatic N) is 2. The third-order valence-electron chi connectivity index (χ3n) is 6.51. The van der Waals surface area contributed by atoms with E-state index in [1.165, 1.54) is 6.07 Å². The van der Waals surface area contributed by atoms with E-state index in [1.54, 1.807) is 6.07 Å². The average Bonchev–Trinajstić information content (AvgIpc) is 3.65. The molecule has 0 bridgehead atoms. The van der Waals surface area contributed by atoms with E-state index in [0.717, 1.165) is 49.4 Å². The highest BCUT2D eigenvalue weighted by Crippen LogP contribution is 2.43. The van der Waals surface area contributed by atoms with E-state index in [1.807, 2.05) is 13.8 Å². The third kappa shape index (κ3) is 10.8. The van der Waals surface area contributed by atoms with Gasteiger partial charge in [-0.3, -0.25) is 18.7 Å². The molecule has 4 rings (SSSR count). The number of carbonyl (C=O) groups is 2. The molecule has 1 saturated carbocycles. The van der Waals surface area contributed by atoms with Crippen molar-refractivity contribution in [1.82, 2.24) is 9.88 Å². The highest BCUT2D eigenvalue weighted by molar-refractivity contribution is 7.78. The summed E-state index contributed by atoms with van der Waals surface area (Å²) in [5.74, 6) is -2.06. The molecular formula is C27H33ClF4N3O6S-. The van der Waals surface area contributed by atoms with Gasteiger partial charge in [-0.25, -0.2) is 9.37 Å². The molecule has 2 heterocycles. The van der Waals surface area contributed by atoms with Crippen LogP contribution in [0.3, 0.4) is 0 Å². The summed E-state index contributed by atoms with van der Waals surface area (Å²) in [7, 11) is 0. The topological polar surface area (TPSA) is 146 Å². The summed E-state index contributed by atoms with van der Waals surface area (Å²) in [5.41, 5.74) is 5.61. The van der Waals surface area contributed by atoms with E-state index in [0.29, 0.717) is 32.0 Å². The van der Waals surface area contributed by atoms with Gasteiger partial charge in [-0.1, -0.05) is 36.5 Å². The maximum Gasteiger partial charge on any atom is 0.418 e. The summed E-state index contributed by atoms with van der Waals surface area (Å²) < 4.78 is 77.9. The number of carbonyl (C=O) groups excluding carboxylic acids is 1. The molecule has 15 heteroatoms. The zero-order valence-electron chi connectivity index (χ0n) is 23.5. The number of halogens is 5. The number of pyridine rings is 1. The molecule has 1 aromatic heterocycles. The van der Waals surface area contributed by atoms with Crippen molar-refractivity contribution >= 4 is 34.6 Å². The zero-order chi connectivity index (χ0) is 32.0. The van der Waals surface area contributed by atoms with Crippen molar-refractivity contribution in [3.63, 3.8) is 0 Å². The normalized spacial score (nSPS) is 19.0. The summed E-state index contributed by atoms with van der Waals surface area (Å²) in [5, 5.41) is 6.94. The van der Waals surface area contributed by atoms with Gasteiger partial charge in [0.05, 0.1) is 22.3 Å². The van der Waals surface area contributed by atoms with E-state index in [4.69, 9.17) is 40.7 Å². The quantitative estimate of drug-likeness (QED) is 0.327. The monoisotopic (exact) mass is 638 g/mol. The number of hydrogen-bond acceptors (Lipinski definition) is 7. The van der Waals surface area contributed by atoms with Crippen LogP contribution in [0.4, 0.5) is 17.6 Å². The first-order valence-electron chi connectivity index (χ1n) is 12.8. The number of nitrogens with two attached hydrogens (primary N) is 1. The highest BCUT2D eigenvalue weighted by atomic mass is 35.5. The van der Waals surface area contributed by atoms with Gasteiger partial charge in [-0.15, -0.1) is 0 Å². The van der Waals surface area contributed by atoms with E-state index in [9.17, 15) is 22.4 Å². The Kier molecular flexibility index (Phi) is 12.3. The fourth-order valence-electron chi connectivity index (χ4n) is 4.62. The summed E-state index contributed by atoms with van der Waals surface area (Å²) in [6.45, 7) is 6.72. The Morgan fingerprint density at radius 3 is 2.31 bits per heavy atom. The van der Waals surface area contributed by atoms with Gasteiger partial charge in [-0.05, 0) is 54.7 Å². The molecule has 1 aromatic carbocycles. The second-order valence-electron chi connectivity index (χ2n) is 10.7. The van der Waals surface area contributed by atoms with Crippen LogP contribution in [0.25, 0.3) is 0 Å². The van der Waals surface area contributed by atoms with Crippen molar-refractivity contribution in [3.8, 4) is 5.88 Å². The van der Waals surface area contributed by atoms with E-state index in [2.05, 4.69) is 9.88 Å². The molecule has 2 aromatic rings. The van der Waals surface area contributed by atoms with E-state index >= 15 is 0 Å². The van der Waals surface area contributed by atoms with Crippen LogP contribution < -0.4 is 10.5 Å². The Bertz CT molecular complexity index is 1290. The minimum absolute atomic E-state index is 0.0909. The summed E-state index contributed by atoms with van der Waals surface area (Å²) in [6.07, 6.45) is -0.394. The average molecular weight is 639 g/mol. The van der Waals surface area contributed by atoms with E-state index < -0.39 is 51.0 Å². The van der Waals surface area contributed by atoms with Crippen molar-refractivity contribution in [1.29, 1.82) is 0 Å². The minimum Gasteiger partial charge on any atom is -0.773 e. The number of carboxylic acids is 1. The van der Waals surface area contributed by atoms with Crippen LogP contribution in [0.5, 0.6) is 5.88 Å². The molecule has 1 saturated heterocycles. The molecule has 234 valence electrons. The molecule has 0 spiro atoms. The fourth-order valence-corrected chi connectivity index (χ4v) is 4.83. The van der Waals surface area contributed by atoms with Crippen LogP contribution >= 0.6 is 11.6 Å². The van der Waals surface area contributed by atoms with Gasteiger partial charge >= 0.3 is 6.18 Å². The molecule has 2 fully saturated rings. The van der Waals surface area contributed by atoms with Crippen LogP contribution in [0.1, 0.15) is 73.0 Å².